The minimum Gasteiger partial charge on any atom is -0.495 e. The molecule has 1 amide bonds. The smallest absolute Gasteiger partial charge is 0.285 e. The van der Waals surface area contributed by atoms with Crippen molar-refractivity contribution in [3.63, 3.8) is 0 Å². The number of methoxy groups -OCH3 is 2. The molecule has 0 aromatic heterocycles. The summed E-state index contributed by atoms with van der Waals surface area (Å²) in [7, 11) is -0.229. The second-order valence-corrected chi connectivity index (χ2v) is 11.0. The van der Waals surface area contributed by atoms with E-state index in [1.807, 2.05) is 18.2 Å². The molecule has 4 rings (SSSR count). The van der Waals surface area contributed by atoms with Gasteiger partial charge in [0.15, 0.2) is 21.6 Å². The fraction of sp³-hybridized carbons (Fsp3) is 0.333. The van der Waals surface area contributed by atoms with Crippen LogP contribution in [-0.2, 0) is 14.6 Å². The van der Waals surface area contributed by atoms with Crippen LogP contribution in [0.15, 0.2) is 47.5 Å². The van der Waals surface area contributed by atoms with Crippen molar-refractivity contribution in [2.24, 2.45) is 4.99 Å². The Bertz CT molecular complexity index is 1160. The summed E-state index contributed by atoms with van der Waals surface area (Å²) >= 11 is 7.61. The molecule has 0 spiro atoms. The van der Waals surface area contributed by atoms with Crippen LogP contribution in [0.2, 0.25) is 5.02 Å². The summed E-state index contributed by atoms with van der Waals surface area (Å²) < 4.78 is 40.8. The minimum atomic E-state index is -3.21. The van der Waals surface area contributed by atoms with E-state index in [-0.39, 0.29) is 23.4 Å². The van der Waals surface area contributed by atoms with Gasteiger partial charge in [-0.15, -0.1) is 0 Å². The zero-order chi connectivity index (χ0) is 22.9. The van der Waals surface area contributed by atoms with E-state index in [0.717, 1.165) is 0 Å². The largest absolute Gasteiger partial charge is 0.495 e. The number of carbonyl (C=O) groups excluding carboxylic acids is 1. The van der Waals surface area contributed by atoms with Crippen molar-refractivity contribution in [1.82, 2.24) is 0 Å². The van der Waals surface area contributed by atoms with E-state index in [0.29, 0.717) is 33.1 Å². The molecule has 2 heterocycles. The van der Waals surface area contributed by atoms with E-state index in [1.165, 1.54) is 26.0 Å². The Labute approximate surface area is 195 Å². The highest BCUT2D eigenvalue weighted by Gasteiger charge is 2.50. The lowest BCUT2D eigenvalue weighted by Gasteiger charge is -2.26. The van der Waals surface area contributed by atoms with Gasteiger partial charge in [-0.05, 0) is 18.2 Å². The van der Waals surface area contributed by atoms with Crippen LogP contribution < -0.4 is 19.1 Å². The van der Waals surface area contributed by atoms with Crippen LogP contribution >= 0.6 is 23.4 Å². The lowest BCUT2D eigenvalue weighted by atomic mass is 10.2. The van der Waals surface area contributed by atoms with Crippen molar-refractivity contribution in [2.45, 2.75) is 11.3 Å². The highest BCUT2D eigenvalue weighted by molar-refractivity contribution is 8.16. The number of aliphatic imine (C=N–C) groups is 1. The summed E-state index contributed by atoms with van der Waals surface area (Å²) in [5.41, 5.74) is 0.519. The third-order valence-corrected chi connectivity index (χ3v) is 8.61. The molecule has 11 heteroatoms. The second kappa shape index (κ2) is 9.21. The first-order valence-electron chi connectivity index (χ1n) is 9.68. The van der Waals surface area contributed by atoms with Gasteiger partial charge in [0.05, 0.1) is 42.5 Å². The molecule has 170 valence electrons. The van der Waals surface area contributed by atoms with E-state index < -0.39 is 21.8 Å². The van der Waals surface area contributed by atoms with Crippen molar-refractivity contribution in [3.8, 4) is 17.2 Å². The van der Waals surface area contributed by atoms with E-state index in [9.17, 15) is 13.2 Å². The number of amidine groups is 1. The molecule has 0 bridgehead atoms. The summed E-state index contributed by atoms with van der Waals surface area (Å²) in [4.78, 5) is 18.5. The molecule has 2 fully saturated rings. The van der Waals surface area contributed by atoms with Crippen molar-refractivity contribution >= 4 is 50.0 Å². The summed E-state index contributed by atoms with van der Waals surface area (Å²) in [5.74, 6) is 0.883. The van der Waals surface area contributed by atoms with E-state index >= 15 is 0 Å². The van der Waals surface area contributed by atoms with Gasteiger partial charge >= 0.3 is 0 Å². The molecule has 2 atom stereocenters. The maximum atomic E-state index is 12.6. The summed E-state index contributed by atoms with van der Waals surface area (Å²) in [6, 6.07) is 11.8. The van der Waals surface area contributed by atoms with Gasteiger partial charge in [-0.3, -0.25) is 4.79 Å². The van der Waals surface area contributed by atoms with Crippen molar-refractivity contribution < 1.29 is 27.4 Å². The number of carbonyl (C=O) groups is 1. The number of ether oxygens (including phenoxy) is 3. The van der Waals surface area contributed by atoms with Crippen LogP contribution in [0.5, 0.6) is 17.2 Å². The zero-order valence-electron chi connectivity index (χ0n) is 17.4. The number of hydrogen-bond donors (Lipinski definition) is 0. The predicted molar refractivity (Wildman–Crippen MR) is 125 cm³/mol. The van der Waals surface area contributed by atoms with Gasteiger partial charge in [-0.2, -0.15) is 4.99 Å². The maximum Gasteiger partial charge on any atom is 0.285 e. The fourth-order valence-electron chi connectivity index (χ4n) is 3.68. The minimum absolute atomic E-state index is 0.0127. The predicted octanol–water partition coefficient (Wildman–Crippen LogP) is 3.04. The molecule has 2 aromatic carbocycles. The van der Waals surface area contributed by atoms with Crippen LogP contribution in [0.1, 0.15) is 0 Å². The van der Waals surface area contributed by atoms with Gasteiger partial charge in [-0.1, -0.05) is 41.6 Å². The van der Waals surface area contributed by atoms with Crippen LogP contribution in [0.4, 0.5) is 5.69 Å². The molecule has 0 unspecified atom stereocenters. The van der Waals surface area contributed by atoms with Crippen molar-refractivity contribution in [1.29, 1.82) is 0 Å². The van der Waals surface area contributed by atoms with E-state index in [2.05, 4.69) is 4.99 Å². The molecule has 2 aliphatic heterocycles. The Morgan fingerprint density at radius 3 is 2.56 bits per heavy atom. The molecule has 0 radical (unpaired) electrons. The van der Waals surface area contributed by atoms with Gasteiger partial charge in [0.25, 0.3) is 5.91 Å². The second-order valence-electron chi connectivity index (χ2n) is 7.22. The number of anilines is 1. The normalized spacial score (nSPS) is 22.6. The zero-order valence-corrected chi connectivity index (χ0v) is 19.7. The van der Waals surface area contributed by atoms with Gasteiger partial charge in [0, 0.05) is 11.3 Å². The lowest BCUT2D eigenvalue weighted by Crippen LogP contribution is -2.38. The van der Waals surface area contributed by atoms with Gasteiger partial charge in [0.1, 0.15) is 17.2 Å². The number of para-hydroxylation sites is 1. The molecular formula is C21H21ClN2O6S2. The number of hydrogen-bond acceptors (Lipinski definition) is 7. The number of rotatable bonds is 6. The van der Waals surface area contributed by atoms with Gasteiger partial charge < -0.3 is 19.1 Å². The third kappa shape index (κ3) is 4.67. The van der Waals surface area contributed by atoms with Gasteiger partial charge in [0.2, 0.25) is 0 Å². The molecule has 2 aliphatic rings. The average molecular weight is 497 g/mol. The highest BCUT2D eigenvalue weighted by Crippen LogP contribution is 2.46. The van der Waals surface area contributed by atoms with Crippen LogP contribution in [0, 0.1) is 0 Å². The number of nitrogens with zero attached hydrogens (tertiary/aromatic N) is 2. The molecule has 32 heavy (non-hydrogen) atoms. The van der Waals surface area contributed by atoms with E-state index in [4.69, 9.17) is 25.8 Å². The Morgan fingerprint density at radius 2 is 1.88 bits per heavy atom. The molecule has 0 aliphatic carbocycles. The quantitative estimate of drug-likeness (QED) is 0.602. The molecule has 2 saturated heterocycles. The molecule has 2 aromatic rings. The van der Waals surface area contributed by atoms with Crippen molar-refractivity contribution in [2.75, 3.05) is 37.2 Å². The summed E-state index contributed by atoms with van der Waals surface area (Å²) in [6.07, 6.45) is 0. The summed E-state index contributed by atoms with van der Waals surface area (Å²) in [6.45, 7) is -0.240. The summed E-state index contributed by atoms with van der Waals surface area (Å²) in [5, 5.41) is 0.457. The molecule has 0 saturated carbocycles. The molecule has 0 N–H and O–H groups in total. The third-order valence-electron chi connectivity index (χ3n) is 5.11. The van der Waals surface area contributed by atoms with Crippen LogP contribution in [-0.4, -0.2) is 63.1 Å². The number of sulfone groups is 1. The number of benzene rings is 2. The topological polar surface area (TPSA) is 94.5 Å². The number of amides is 1. The Hall–Kier alpha value is -2.43. The first-order chi connectivity index (χ1) is 15.3. The Balaban J connectivity index is 1.67. The van der Waals surface area contributed by atoms with Crippen LogP contribution in [0.3, 0.4) is 0 Å². The highest BCUT2D eigenvalue weighted by atomic mass is 35.5. The lowest BCUT2D eigenvalue weighted by molar-refractivity contribution is -0.119. The monoisotopic (exact) mass is 496 g/mol. The maximum absolute atomic E-state index is 12.6. The number of fused-ring (bicyclic) bond motifs is 1. The van der Waals surface area contributed by atoms with Crippen molar-refractivity contribution in [3.05, 3.63) is 47.5 Å². The first kappa shape index (κ1) is 22.8. The first-order valence-corrected chi connectivity index (χ1v) is 12.8. The molecular weight excluding hydrogens is 476 g/mol. The Kier molecular flexibility index (Phi) is 6.55. The van der Waals surface area contributed by atoms with E-state index in [1.54, 1.807) is 29.2 Å². The average Bonchev–Trinajstić information content (AvgIpc) is 3.23. The fourth-order valence-corrected chi connectivity index (χ4v) is 7.84. The standard InChI is InChI=1S/C21H21ClN2O6S2/c1-28-17-9-18(29-2)15(8-14(17)22)24-16-11-32(26,27)12-19(16)31-21(24)23-20(25)10-30-13-6-4-3-5-7-13/h3-9,16,19H,10-12H2,1-2H3/t16-,19+/m1/s1. The van der Waals surface area contributed by atoms with Gasteiger partial charge in [-0.25, -0.2) is 8.42 Å². The number of thioether (sulfide) groups is 1. The van der Waals surface area contributed by atoms with Crippen LogP contribution in [0.25, 0.3) is 0 Å². The number of halogens is 1. The molecule has 8 nitrogen and oxygen atoms in total. The SMILES string of the molecule is COc1cc(OC)c(N2C(=NC(=O)COc3ccccc3)S[C@H]3CS(=O)(=O)C[C@H]32)cc1Cl. The Morgan fingerprint density at radius 1 is 1.16 bits per heavy atom.